The van der Waals surface area contributed by atoms with Crippen LogP contribution in [-0.4, -0.2) is 42.1 Å². The van der Waals surface area contributed by atoms with Gasteiger partial charge in [-0.1, -0.05) is 28.1 Å². The number of amides is 1. The van der Waals surface area contributed by atoms with Crippen LogP contribution >= 0.6 is 15.9 Å². The highest BCUT2D eigenvalue weighted by atomic mass is 79.9. The second-order valence-electron chi connectivity index (χ2n) is 6.13. The van der Waals surface area contributed by atoms with Gasteiger partial charge in [-0.3, -0.25) is 14.7 Å². The minimum atomic E-state index is -0.328. The van der Waals surface area contributed by atoms with E-state index in [4.69, 9.17) is 4.74 Å². The SMILES string of the molecule is O=C1Nc2cc(Br)ccc2C1c1ccc(CN2CCOCC2)cn1. The molecule has 124 valence electrons. The summed E-state index contributed by atoms with van der Waals surface area (Å²) in [5.74, 6) is -0.345. The number of fused-ring (bicyclic) bond motifs is 1. The van der Waals surface area contributed by atoms with E-state index in [0.29, 0.717) is 0 Å². The molecule has 2 aromatic rings. The molecule has 2 aliphatic rings. The molecule has 1 N–H and O–H groups in total. The van der Waals surface area contributed by atoms with Gasteiger partial charge in [0.25, 0.3) is 0 Å². The van der Waals surface area contributed by atoms with Crippen LogP contribution in [-0.2, 0) is 16.1 Å². The lowest BCUT2D eigenvalue weighted by molar-refractivity contribution is -0.116. The standard InChI is InChI=1S/C18H18BrN3O2/c19-13-2-3-14-16(9-13)21-18(23)17(14)15-4-1-12(10-20-15)11-22-5-7-24-8-6-22/h1-4,9-10,17H,5-8,11H2,(H,21,23). The Bertz CT molecular complexity index is 757. The number of benzene rings is 1. The molecule has 0 saturated carbocycles. The summed E-state index contributed by atoms with van der Waals surface area (Å²) in [6.07, 6.45) is 1.88. The Morgan fingerprint density at radius 3 is 2.83 bits per heavy atom. The number of rotatable bonds is 3. The lowest BCUT2D eigenvalue weighted by Gasteiger charge is -2.26. The molecule has 0 bridgehead atoms. The van der Waals surface area contributed by atoms with Crippen molar-refractivity contribution in [2.45, 2.75) is 12.5 Å². The number of morpholine rings is 1. The van der Waals surface area contributed by atoms with Crippen LogP contribution in [0.2, 0.25) is 0 Å². The molecular formula is C18H18BrN3O2. The largest absolute Gasteiger partial charge is 0.379 e. The molecule has 0 spiro atoms. The van der Waals surface area contributed by atoms with E-state index in [1.54, 1.807) is 0 Å². The van der Waals surface area contributed by atoms with E-state index < -0.39 is 0 Å². The Kier molecular flexibility index (Phi) is 4.35. The lowest BCUT2D eigenvalue weighted by atomic mass is 9.96. The van der Waals surface area contributed by atoms with Crippen LogP contribution in [0.15, 0.2) is 41.0 Å². The average molecular weight is 388 g/mol. The summed E-state index contributed by atoms with van der Waals surface area (Å²) in [6, 6.07) is 9.91. The normalized spacial score (nSPS) is 20.7. The average Bonchev–Trinajstić information content (AvgIpc) is 2.91. The van der Waals surface area contributed by atoms with Gasteiger partial charge in [-0.2, -0.15) is 0 Å². The van der Waals surface area contributed by atoms with Gasteiger partial charge in [0, 0.05) is 36.0 Å². The first-order valence-corrected chi connectivity index (χ1v) is 8.85. The van der Waals surface area contributed by atoms with Gasteiger partial charge in [0.2, 0.25) is 5.91 Å². The smallest absolute Gasteiger partial charge is 0.238 e. The Morgan fingerprint density at radius 2 is 2.08 bits per heavy atom. The second-order valence-corrected chi connectivity index (χ2v) is 7.05. The summed E-state index contributed by atoms with van der Waals surface area (Å²) in [6.45, 7) is 4.36. The minimum absolute atomic E-state index is 0.0171. The fraction of sp³-hybridized carbons (Fsp3) is 0.333. The summed E-state index contributed by atoms with van der Waals surface area (Å²) in [7, 11) is 0. The Balaban J connectivity index is 1.54. The second kappa shape index (κ2) is 6.63. The summed E-state index contributed by atoms with van der Waals surface area (Å²) in [4.78, 5) is 19.3. The van der Waals surface area contributed by atoms with Crippen LogP contribution in [0.25, 0.3) is 0 Å². The fourth-order valence-corrected chi connectivity index (χ4v) is 3.61. The maximum Gasteiger partial charge on any atom is 0.238 e. The van der Waals surface area contributed by atoms with Gasteiger partial charge in [-0.25, -0.2) is 0 Å². The van der Waals surface area contributed by atoms with Gasteiger partial charge in [-0.05, 0) is 29.3 Å². The van der Waals surface area contributed by atoms with E-state index >= 15 is 0 Å². The molecule has 1 amide bonds. The van der Waals surface area contributed by atoms with Crippen molar-refractivity contribution < 1.29 is 9.53 Å². The number of aromatic nitrogens is 1. The van der Waals surface area contributed by atoms with Crippen LogP contribution in [0.1, 0.15) is 22.7 Å². The first kappa shape index (κ1) is 15.7. The molecule has 0 radical (unpaired) electrons. The van der Waals surface area contributed by atoms with Crippen molar-refractivity contribution in [2.75, 3.05) is 31.6 Å². The van der Waals surface area contributed by atoms with Crippen LogP contribution in [0.3, 0.4) is 0 Å². The third-order valence-electron chi connectivity index (χ3n) is 4.50. The molecule has 1 unspecified atom stereocenters. The quantitative estimate of drug-likeness (QED) is 0.879. The lowest BCUT2D eigenvalue weighted by Crippen LogP contribution is -2.35. The van der Waals surface area contributed by atoms with Crippen molar-refractivity contribution in [3.05, 3.63) is 57.8 Å². The van der Waals surface area contributed by atoms with Gasteiger partial charge >= 0.3 is 0 Å². The van der Waals surface area contributed by atoms with E-state index in [2.05, 4.69) is 37.2 Å². The van der Waals surface area contributed by atoms with E-state index in [1.807, 2.05) is 30.5 Å². The number of ether oxygens (including phenoxy) is 1. The van der Waals surface area contributed by atoms with E-state index in [-0.39, 0.29) is 11.8 Å². The van der Waals surface area contributed by atoms with Crippen LogP contribution < -0.4 is 5.32 Å². The topological polar surface area (TPSA) is 54.5 Å². The number of hydrogen-bond acceptors (Lipinski definition) is 4. The van der Waals surface area contributed by atoms with Gasteiger partial charge in [0.05, 0.1) is 18.9 Å². The molecule has 1 aromatic carbocycles. The zero-order valence-electron chi connectivity index (χ0n) is 13.2. The minimum Gasteiger partial charge on any atom is -0.379 e. The van der Waals surface area contributed by atoms with Crippen molar-refractivity contribution >= 4 is 27.5 Å². The highest BCUT2D eigenvalue weighted by Crippen LogP contribution is 2.37. The molecule has 1 fully saturated rings. The van der Waals surface area contributed by atoms with Gasteiger partial charge < -0.3 is 10.1 Å². The van der Waals surface area contributed by atoms with Gasteiger partial charge in [0.1, 0.15) is 5.92 Å². The van der Waals surface area contributed by atoms with Crippen molar-refractivity contribution in [2.24, 2.45) is 0 Å². The number of halogens is 1. The molecule has 4 rings (SSSR count). The Labute approximate surface area is 149 Å². The molecule has 0 aliphatic carbocycles. The highest BCUT2D eigenvalue weighted by Gasteiger charge is 2.32. The number of carbonyl (C=O) groups is 1. The van der Waals surface area contributed by atoms with Crippen molar-refractivity contribution in [3.8, 4) is 0 Å². The number of hydrogen-bond donors (Lipinski definition) is 1. The van der Waals surface area contributed by atoms with E-state index in [9.17, 15) is 4.79 Å². The van der Waals surface area contributed by atoms with Crippen LogP contribution in [0.4, 0.5) is 5.69 Å². The highest BCUT2D eigenvalue weighted by molar-refractivity contribution is 9.10. The van der Waals surface area contributed by atoms with E-state index in [1.165, 1.54) is 0 Å². The predicted octanol–water partition coefficient (Wildman–Crippen LogP) is 2.76. The molecule has 24 heavy (non-hydrogen) atoms. The Hall–Kier alpha value is -1.76. The molecule has 1 aromatic heterocycles. The maximum atomic E-state index is 12.4. The van der Waals surface area contributed by atoms with Crippen LogP contribution in [0.5, 0.6) is 0 Å². The van der Waals surface area contributed by atoms with Crippen molar-refractivity contribution in [1.29, 1.82) is 0 Å². The van der Waals surface area contributed by atoms with Crippen LogP contribution in [0, 0.1) is 0 Å². The summed E-state index contributed by atoms with van der Waals surface area (Å²) < 4.78 is 6.33. The van der Waals surface area contributed by atoms with E-state index in [0.717, 1.165) is 59.8 Å². The number of pyridine rings is 1. The van der Waals surface area contributed by atoms with Gasteiger partial charge in [0.15, 0.2) is 0 Å². The molecule has 2 aliphatic heterocycles. The monoisotopic (exact) mass is 387 g/mol. The number of nitrogens with zero attached hydrogens (tertiary/aromatic N) is 2. The Morgan fingerprint density at radius 1 is 1.25 bits per heavy atom. The summed E-state index contributed by atoms with van der Waals surface area (Å²) >= 11 is 3.44. The molecule has 1 atom stereocenters. The predicted molar refractivity (Wildman–Crippen MR) is 94.9 cm³/mol. The molecule has 3 heterocycles. The third-order valence-corrected chi connectivity index (χ3v) is 4.99. The fourth-order valence-electron chi connectivity index (χ4n) is 3.25. The molecule has 1 saturated heterocycles. The summed E-state index contributed by atoms with van der Waals surface area (Å²) in [5, 5.41) is 2.94. The number of nitrogens with one attached hydrogen (secondary N) is 1. The van der Waals surface area contributed by atoms with Crippen molar-refractivity contribution in [3.63, 3.8) is 0 Å². The number of carbonyl (C=O) groups excluding carboxylic acids is 1. The van der Waals surface area contributed by atoms with Crippen molar-refractivity contribution in [1.82, 2.24) is 9.88 Å². The first-order chi connectivity index (χ1) is 11.7. The third kappa shape index (κ3) is 3.09. The zero-order valence-corrected chi connectivity index (χ0v) is 14.8. The summed E-state index contributed by atoms with van der Waals surface area (Å²) in [5.41, 5.74) is 3.80. The van der Waals surface area contributed by atoms with Gasteiger partial charge in [-0.15, -0.1) is 0 Å². The first-order valence-electron chi connectivity index (χ1n) is 8.06. The maximum absolute atomic E-state index is 12.4. The zero-order chi connectivity index (χ0) is 16.5. The molecule has 5 nitrogen and oxygen atoms in total. The molecular weight excluding hydrogens is 370 g/mol. The number of anilines is 1. The molecule has 6 heteroatoms.